The van der Waals surface area contributed by atoms with Crippen LogP contribution in [-0.4, -0.2) is 14.7 Å². The highest BCUT2D eigenvalue weighted by atomic mass is 79.9. The standard InChI is InChI=1S/C10H11BrO2S/c1-8(7-11)9-3-5-10(6-4-9)14(2,12)13/h3-7H,1-2H3/b8-7+. The average Bonchev–Trinajstić information content (AvgIpc) is 2.15. The number of rotatable bonds is 2. The zero-order valence-corrected chi connectivity index (χ0v) is 10.4. The van der Waals surface area contributed by atoms with Crippen molar-refractivity contribution in [2.75, 3.05) is 6.26 Å². The lowest BCUT2D eigenvalue weighted by molar-refractivity contribution is 0.602. The van der Waals surface area contributed by atoms with E-state index in [2.05, 4.69) is 15.9 Å². The molecule has 1 aromatic rings. The van der Waals surface area contributed by atoms with Gasteiger partial charge in [-0.15, -0.1) is 0 Å². The summed E-state index contributed by atoms with van der Waals surface area (Å²) in [5, 5.41) is 0. The molecule has 0 heterocycles. The summed E-state index contributed by atoms with van der Waals surface area (Å²) in [6, 6.07) is 6.82. The van der Waals surface area contributed by atoms with Crippen LogP contribution in [0.2, 0.25) is 0 Å². The summed E-state index contributed by atoms with van der Waals surface area (Å²) in [6.45, 7) is 1.95. The summed E-state index contributed by atoms with van der Waals surface area (Å²) in [5.74, 6) is 0. The quantitative estimate of drug-likeness (QED) is 0.831. The molecule has 0 spiro atoms. The van der Waals surface area contributed by atoms with Crippen LogP contribution in [0.5, 0.6) is 0 Å². The second-order valence-corrected chi connectivity index (χ2v) is 5.56. The third kappa shape index (κ3) is 2.69. The molecule has 2 nitrogen and oxygen atoms in total. The van der Waals surface area contributed by atoms with Gasteiger partial charge in [0, 0.05) is 6.26 Å². The van der Waals surface area contributed by atoms with Crippen LogP contribution >= 0.6 is 15.9 Å². The summed E-state index contributed by atoms with van der Waals surface area (Å²) in [7, 11) is -3.08. The maximum Gasteiger partial charge on any atom is 0.175 e. The third-order valence-corrected chi connectivity index (χ3v) is 3.72. The highest BCUT2D eigenvalue weighted by Gasteiger charge is 2.05. The second kappa shape index (κ2) is 4.28. The Balaban J connectivity index is 3.14. The van der Waals surface area contributed by atoms with Crippen LogP contribution < -0.4 is 0 Å². The molecule has 1 aromatic carbocycles. The van der Waals surface area contributed by atoms with E-state index in [-0.39, 0.29) is 0 Å². The lowest BCUT2D eigenvalue weighted by Gasteiger charge is -2.01. The molecule has 14 heavy (non-hydrogen) atoms. The third-order valence-electron chi connectivity index (χ3n) is 1.90. The van der Waals surface area contributed by atoms with E-state index in [9.17, 15) is 8.42 Å². The van der Waals surface area contributed by atoms with Gasteiger partial charge in [0.1, 0.15) is 0 Å². The van der Waals surface area contributed by atoms with Crippen molar-refractivity contribution in [2.45, 2.75) is 11.8 Å². The zero-order valence-electron chi connectivity index (χ0n) is 7.99. The molecule has 76 valence electrons. The molecule has 4 heteroatoms. The monoisotopic (exact) mass is 274 g/mol. The maximum absolute atomic E-state index is 11.2. The van der Waals surface area contributed by atoms with Crippen molar-refractivity contribution < 1.29 is 8.42 Å². The molecule has 0 bridgehead atoms. The molecule has 0 radical (unpaired) electrons. The fraction of sp³-hybridized carbons (Fsp3) is 0.200. The van der Waals surface area contributed by atoms with E-state index in [1.54, 1.807) is 24.3 Å². The molecular formula is C10H11BrO2S. The Bertz CT molecular complexity index is 444. The van der Waals surface area contributed by atoms with E-state index < -0.39 is 9.84 Å². The summed E-state index contributed by atoms with van der Waals surface area (Å²) in [5.41, 5.74) is 2.07. The number of allylic oxidation sites excluding steroid dienone is 1. The molecule has 0 atom stereocenters. The van der Waals surface area contributed by atoms with Gasteiger partial charge in [-0.05, 0) is 35.2 Å². The summed E-state index contributed by atoms with van der Waals surface area (Å²) in [6.07, 6.45) is 1.20. The Labute approximate surface area is 92.7 Å². The van der Waals surface area contributed by atoms with Crippen molar-refractivity contribution in [2.24, 2.45) is 0 Å². The molecule has 1 rings (SSSR count). The molecule has 0 N–H and O–H groups in total. The molecule has 0 aliphatic carbocycles. The molecule has 0 unspecified atom stereocenters. The Hall–Kier alpha value is -0.610. The maximum atomic E-state index is 11.2. The van der Waals surface area contributed by atoms with E-state index in [0.717, 1.165) is 11.1 Å². The Morgan fingerprint density at radius 3 is 2.14 bits per heavy atom. The van der Waals surface area contributed by atoms with Gasteiger partial charge in [0.2, 0.25) is 0 Å². The molecule has 0 aliphatic rings. The van der Waals surface area contributed by atoms with Gasteiger partial charge in [0.05, 0.1) is 4.90 Å². The number of hydrogen-bond donors (Lipinski definition) is 0. The van der Waals surface area contributed by atoms with Gasteiger partial charge in [0.25, 0.3) is 0 Å². The molecule has 0 aliphatic heterocycles. The zero-order chi connectivity index (χ0) is 10.8. The van der Waals surface area contributed by atoms with E-state index in [1.807, 2.05) is 11.9 Å². The first-order chi connectivity index (χ1) is 6.45. The van der Waals surface area contributed by atoms with Crippen LogP contribution in [0.4, 0.5) is 0 Å². The molecule has 0 saturated carbocycles. The van der Waals surface area contributed by atoms with Crippen LogP contribution in [0.1, 0.15) is 12.5 Å². The molecular weight excluding hydrogens is 264 g/mol. The predicted octanol–water partition coefficient (Wildman–Crippen LogP) is 2.85. The van der Waals surface area contributed by atoms with Crippen LogP contribution in [0.15, 0.2) is 34.1 Å². The smallest absolute Gasteiger partial charge is 0.175 e. The van der Waals surface area contributed by atoms with Crippen molar-refractivity contribution in [1.82, 2.24) is 0 Å². The fourth-order valence-electron chi connectivity index (χ4n) is 1.03. The van der Waals surface area contributed by atoms with E-state index in [4.69, 9.17) is 0 Å². The van der Waals surface area contributed by atoms with Gasteiger partial charge >= 0.3 is 0 Å². The van der Waals surface area contributed by atoms with Crippen molar-refractivity contribution in [3.05, 3.63) is 34.8 Å². The van der Waals surface area contributed by atoms with Crippen molar-refractivity contribution in [3.8, 4) is 0 Å². The summed E-state index contributed by atoms with van der Waals surface area (Å²) in [4.78, 5) is 2.16. The number of benzene rings is 1. The minimum atomic E-state index is -3.08. The van der Waals surface area contributed by atoms with Crippen molar-refractivity contribution >= 4 is 31.3 Å². The van der Waals surface area contributed by atoms with Crippen LogP contribution in [-0.2, 0) is 9.84 Å². The second-order valence-electron chi connectivity index (χ2n) is 3.09. The average molecular weight is 275 g/mol. The highest BCUT2D eigenvalue weighted by Crippen LogP contribution is 2.17. The molecule has 0 saturated heterocycles. The van der Waals surface area contributed by atoms with Gasteiger partial charge in [-0.25, -0.2) is 8.42 Å². The number of hydrogen-bond acceptors (Lipinski definition) is 2. The Morgan fingerprint density at radius 2 is 1.79 bits per heavy atom. The molecule has 0 amide bonds. The predicted molar refractivity (Wildman–Crippen MR) is 62.1 cm³/mol. The molecule has 0 fully saturated rings. The lowest BCUT2D eigenvalue weighted by atomic mass is 10.1. The van der Waals surface area contributed by atoms with Gasteiger partial charge in [0.15, 0.2) is 9.84 Å². The van der Waals surface area contributed by atoms with Crippen molar-refractivity contribution in [1.29, 1.82) is 0 Å². The lowest BCUT2D eigenvalue weighted by Crippen LogP contribution is -1.96. The SMILES string of the molecule is C/C(=C\Br)c1ccc(S(C)(=O)=O)cc1. The topological polar surface area (TPSA) is 34.1 Å². The summed E-state index contributed by atoms with van der Waals surface area (Å²) >= 11 is 3.23. The first kappa shape index (κ1) is 11.5. The normalized spacial score (nSPS) is 12.9. The Morgan fingerprint density at radius 1 is 1.29 bits per heavy atom. The van der Waals surface area contributed by atoms with Gasteiger partial charge < -0.3 is 0 Å². The number of halogens is 1. The molecule has 0 aromatic heterocycles. The van der Waals surface area contributed by atoms with E-state index >= 15 is 0 Å². The van der Waals surface area contributed by atoms with Crippen LogP contribution in [0.3, 0.4) is 0 Å². The van der Waals surface area contributed by atoms with Crippen LogP contribution in [0, 0.1) is 0 Å². The van der Waals surface area contributed by atoms with Gasteiger partial charge in [-0.2, -0.15) is 0 Å². The summed E-state index contributed by atoms with van der Waals surface area (Å²) < 4.78 is 22.3. The van der Waals surface area contributed by atoms with Crippen molar-refractivity contribution in [3.63, 3.8) is 0 Å². The first-order valence-corrected chi connectivity index (χ1v) is 6.83. The Kier molecular flexibility index (Phi) is 3.50. The van der Waals surface area contributed by atoms with E-state index in [1.165, 1.54) is 6.26 Å². The minimum Gasteiger partial charge on any atom is -0.224 e. The first-order valence-electron chi connectivity index (χ1n) is 4.02. The van der Waals surface area contributed by atoms with Crippen LogP contribution in [0.25, 0.3) is 5.57 Å². The van der Waals surface area contributed by atoms with Gasteiger partial charge in [-0.3, -0.25) is 0 Å². The highest BCUT2D eigenvalue weighted by molar-refractivity contribution is 9.11. The van der Waals surface area contributed by atoms with E-state index in [0.29, 0.717) is 4.90 Å². The van der Waals surface area contributed by atoms with Gasteiger partial charge in [-0.1, -0.05) is 28.1 Å². The largest absolute Gasteiger partial charge is 0.224 e. The number of sulfone groups is 1. The fourth-order valence-corrected chi connectivity index (χ4v) is 1.92. The minimum absolute atomic E-state index is 0.351.